The van der Waals surface area contributed by atoms with Crippen molar-refractivity contribution >= 4 is 23.6 Å². The van der Waals surface area contributed by atoms with Crippen LogP contribution in [0.2, 0.25) is 0 Å². The monoisotopic (exact) mass is 392 g/mol. The highest BCUT2D eigenvalue weighted by Gasteiger charge is 2.22. The van der Waals surface area contributed by atoms with E-state index in [1.54, 1.807) is 50.2 Å². The molecule has 2 N–H and O–H groups in total. The van der Waals surface area contributed by atoms with Gasteiger partial charge in [-0.3, -0.25) is 9.59 Å². The van der Waals surface area contributed by atoms with Crippen molar-refractivity contribution in [2.24, 2.45) is 0 Å². The predicted molar refractivity (Wildman–Crippen MR) is 104 cm³/mol. The average Bonchev–Trinajstić information content (AvgIpc) is 3.23. The SMILES string of the molecule is COc1ccc(CNC(=O)C(CCSC)NC(=O)c2ccco2)cc1OC. The van der Waals surface area contributed by atoms with Crippen LogP contribution < -0.4 is 20.1 Å². The van der Waals surface area contributed by atoms with Crippen LogP contribution >= 0.6 is 11.8 Å². The second-order valence-electron chi connectivity index (χ2n) is 5.69. The summed E-state index contributed by atoms with van der Waals surface area (Å²) in [5, 5.41) is 5.59. The molecule has 1 aromatic heterocycles. The van der Waals surface area contributed by atoms with Gasteiger partial charge >= 0.3 is 0 Å². The molecule has 0 spiro atoms. The zero-order chi connectivity index (χ0) is 19.6. The van der Waals surface area contributed by atoms with E-state index in [2.05, 4.69) is 10.6 Å². The second-order valence-corrected chi connectivity index (χ2v) is 6.68. The van der Waals surface area contributed by atoms with Crippen molar-refractivity contribution in [1.29, 1.82) is 0 Å². The first kappa shape index (κ1) is 20.7. The molecule has 2 aromatic rings. The summed E-state index contributed by atoms with van der Waals surface area (Å²) in [6.45, 7) is 0.311. The summed E-state index contributed by atoms with van der Waals surface area (Å²) >= 11 is 1.61. The maximum absolute atomic E-state index is 12.6. The number of benzene rings is 1. The molecule has 0 bridgehead atoms. The molecule has 27 heavy (non-hydrogen) atoms. The summed E-state index contributed by atoms with van der Waals surface area (Å²) in [5.74, 6) is 1.47. The first-order valence-electron chi connectivity index (χ1n) is 8.41. The number of rotatable bonds is 10. The quantitative estimate of drug-likeness (QED) is 0.646. The molecule has 1 unspecified atom stereocenters. The lowest BCUT2D eigenvalue weighted by Crippen LogP contribution is -2.46. The van der Waals surface area contributed by atoms with E-state index in [1.165, 1.54) is 6.26 Å². The van der Waals surface area contributed by atoms with Crippen molar-refractivity contribution in [2.45, 2.75) is 19.0 Å². The zero-order valence-corrected chi connectivity index (χ0v) is 16.4. The maximum atomic E-state index is 12.6. The lowest BCUT2D eigenvalue weighted by atomic mass is 10.1. The van der Waals surface area contributed by atoms with E-state index in [0.29, 0.717) is 24.5 Å². The number of hydrogen-bond acceptors (Lipinski definition) is 6. The normalized spacial score (nSPS) is 11.5. The summed E-state index contributed by atoms with van der Waals surface area (Å²) in [6, 6.07) is 7.97. The summed E-state index contributed by atoms with van der Waals surface area (Å²) in [7, 11) is 3.13. The standard InChI is InChI=1S/C19H24N2O5S/c1-24-15-7-6-13(11-17(15)25-2)12-20-18(22)14(8-10-27-3)21-19(23)16-5-4-9-26-16/h4-7,9,11,14H,8,10,12H2,1-3H3,(H,20,22)(H,21,23). The van der Waals surface area contributed by atoms with Gasteiger partial charge in [-0.05, 0) is 48.3 Å². The number of nitrogens with one attached hydrogen (secondary N) is 2. The molecule has 2 rings (SSSR count). The van der Waals surface area contributed by atoms with Crippen LogP contribution in [-0.4, -0.2) is 44.1 Å². The predicted octanol–water partition coefficient (Wildman–Crippen LogP) is 2.46. The molecule has 0 aliphatic rings. The van der Waals surface area contributed by atoms with Crippen LogP contribution in [0.25, 0.3) is 0 Å². The first-order valence-corrected chi connectivity index (χ1v) is 9.80. The van der Waals surface area contributed by atoms with Gasteiger partial charge in [0.05, 0.1) is 20.5 Å². The number of thioether (sulfide) groups is 1. The van der Waals surface area contributed by atoms with Crippen molar-refractivity contribution in [2.75, 3.05) is 26.2 Å². The summed E-state index contributed by atoms with van der Waals surface area (Å²) in [5.41, 5.74) is 0.863. The fraction of sp³-hybridized carbons (Fsp3) is 0.368. The van der Waals surface area contributed by atoms with Crippen LogP contribution in [0.15, 0.2) is 41.0 Å². The average molecular weight is 392 g/mol. The Balaban J connectivity index is 1.99. The molecule has 0 aliphatic heterocycles. The van der Waals surface area contributed by atoms with Gasteiger partial charge in [0.15, 0.2) is 17.3 Å². The van der Waals surface area contributed by atoms with E-state index in [-0.39, 0.29) is 11.7 Å². The van der Waals surface area contributed by atoms with Crippen LogP contribution in [0.4, 0.5) is 0 Å². The number of furan rings is 1. The molecule has 2 amide bonds. The lowest BCUT2D eigenvalue weighted by molar-refractivity contribution is -0.123. The second kappa shape index (κ2) is 10.5. The molecular weight excluding hydrogens is 368 g/mol. The largest absolute Gasteiger partial charge is 0.493 e. The van der Waals surface area contributed by atoms with Crippen LogP contribution in [0, 0.1) is 0 Å². The van der Waals surface area contributed by atoms with Gasteiger partial charge in [-0.25, -0.2) is 0 Å². The minimum atomic E-state index is -0.643. The Labute approximate surface area is 162 Å². The van der Waals surface area contributed by atoms with Crippen LogP contribution in [-0.2, 0) is 11.3 Å². The van der Waals surface area contributed by atoms with Gasteiger partial charge in [-0.1, -0.05) is 6.07 Å². The first-order chi connectivity index (χ1) is 13.1. The van der Waals surface area contributed by atoms with Gasteiger partial charge in [0, 0.05) is 6.54 Å². The highest BCUT2D eigenvalue weighted by atomic mass is 32.2. The van der Waals surface area contributed by atoms with Crippen molar-refractivity contribution in [3.05, 3.63) is 47.9 Å². The topological polar surface area (TPSA) is 89.8 Å². The van der Waals surface area contributed by atoms with Gasteiger partial charge in [0.2, 0.25) is 5.91 Å². The number of amides is 2. The van der Waals surface area contributed by atoms with E-state index in [9.17, 15) is 9.59 Å². The van der Waals surface area contributed by atoms with Crippen molar-refractivity contribution in [3.63, 3.8) is 0 Å². The third-order valence-electron chi connectivity index (χ3n) is 3.89. The fourth-order valence-corrected chi connectivity index (χ4v) is 2.92. The van der Waals surface area contributed by atoms with E-state index in [0.717, 1.165) is 11.3 Å². The van der Waals surface area contributed by atoms with E-state index in [1.807, 2.05) is 12.3 Å². The molecule has 0 saturated carbocycles. The number of hydrogen-bond donors (Lipinski definition) is 2. The van der Waals surface area contributed by atoms with Gasteiger partial charge in [0.1, 0.15) is 6.04 Å². The number of methoxy groups -OCH3 is 2. The molecule has 0 aliphatic carbocycles. The Morgan fingerprint density at radius 1 is 1.19 bits per heavy atom. The fourth-order valence-electron chi connectivity index (χ4n) is 2.44. The Morgan fingerprint density at radius 3 is 2.59 bits per heavy atom. The van der Waals surface area contributed by atoms with Gasteiger partial charge < -0.3 is 24.5 Å². The summed E-state index contributed by atoms with van der Waals surface area (Å²) in [6.07, 6.45) is 3.89. The molecule has 0 saturated heterocycles. The number of carbonyl (C=O) groups is 2. The number of ether oxygens (including phenoxy) is 2. The Bertz CT molecular complexity index is 749. The highest BCUT2D eigenvalue weighted by molar-refractivity contribution is 7.98. The van der Waals surface area contributed by atoms with Crippen molar-refractivity contribution in [3.8, 4) is 11.5 Å². The number of carbonyl (C=O) groups excluding carboxylic acids is 2. The molecule has 0 fully saturated rings. The molecular formula is C19H24N2O5S. The molecule has 7 nitrogen and oxygen atoms in total. The van der Waals surface area contributed by atoms with Crippen LogP contribution in [0.1, 0.15) is 22.5 Å². The Morgan fingerprint density at radius 2 is 1.96 bits per heavy atom. The van der Waals surface area contributed by atoms with E-state index < -0.39 is 11.9 Å². The molecule has 1 aromatic carbocycles. The van der Waals surface area contributed by atoms with E-state index in [4.69, 9.17) is 13.9 Å². The minimum Gasteiger partial charge on any atom is -0.493 e. The van der Waals surface area contributed by atoms with Crippen molar-refractivity contribution in [1.82, 2.24) is 10.6 Å². The third-order valence-corrected chi connectivity index (χ3v) is 4.54. The van der Waals surface area contributed by atoms with Crippen LogP contribution in [0.3, 0.4) is 0 Å². The molecule has 0 radical (unpaired) electrons. The van der Waals surface area contributed by atoms with Crippen LogP contribution in [0.5, 0.6) is 11.5 Å². The lowest BCUT2D eigenvalue weighted by Gasteiger charge is -2.18. The highest BCUT2D eigenvalue weighted by Crippen LogP contribution is 2.27. The van der Waals surface area contributed by atoms with Gasteiger partial charge in [0.25, 0.3) is 5.91 Å². The third kappa shape index (κ3) is 5.96. The van der Waals surface area contributed by atoms with Gasteiger partial charge in [-0.15, -0.1) is 0 Å². The van der Waals surface area contributed by atoms with Gasteiger partial charge in [-0.2, -0.15) is 11.8 Å². The smallest absolute Gasteiger partial charge is 0.287 e. The maximum Gasteiger partial charge on any atom is 0.287 e. The zero-order valence-electron chi connectivity index (χ0n) is 15.6. The molecule has 146 valence electrons. The summed E-state index contributed by atoms with van der Waals surface area (Å²) in [4.78, 5) is 24.8. The minimum absolute atomic E-state index is 0.178. The Hall–Kier alpha value is -2.61. The summed E-state index contributed by atoms with van der Waals surface area (Å²) < 4.78 is 15.6. The van der Waals surface area contributed by atoms with Crippen molar-refractivity contribution < 1.29 is 23.5 Å². The molecule has 1 atom stereocenters. The Kier molecular flexibility index (Phi) is 8.06. The molecule has 1 heterocycles. The van der Waals surface area contributed by atoms with E-state index >= 15 is 0 Å². The molecule has 8 heteroatoms.